The van der Waals surface area contributed by atoms with Crippen molar-refractivity contribution in [3.05, 3.63) is 0 Å². The van der Waals surface area contributed by atoms with Gasteiger partial charge in [0.2, 0.25) is 0 Å². The van der Waals surface area contributed by atoms with Crippen LogP contribution in [0.3, 0.4) is 0 Å². The van der Waals surface area contributed by atoms with Crippen LogP contribution in [0.25, 0.3) is 0 Å². The summed E-state index contributed by atoms with van der Waals surface area (Å²) in [5.74, 6) is 0. The Morgan fingerprint density at radius 2 is 1.80 bits per heavy atom. The highest BCUT2D eigenvalue weighted by Gasteiger charge is 2.22. The Labute approximate surface area is 101 Å². The first-order valence-electron chi connectivity index (χ1n) is 6.06. The van der Waals surface area contributed by atoms with Crippen LogP contribution >= 0.6 is 0 Å². The fourth-order valence-corrected chi connectivity index (χ4v) is 5.07. The van der Waals surface area contributed by atoms with Crippen molar-refractivity contribution in [3.63, 3.8) is 0 Å². The summed E-state index contributed by atoms with van der Waals surface area (Å²) < 4.78 is 11.5. The Balaban J connectivity index is 3.48. The molecular weight excluding hydrogens is 236 g/mol. The zero-order chi connectivity index (χ0) is 11.7. The van der Waals surface area contributed by atoms with Gasteiger partial charge in [-0.05, 0) is 32.2 Å². The molecule has 0 atom stereocenters. The zero-order valence-electron chi connectivity index (χ0n) is 10.9. The van der Waals surface area contributed by atoms with Crippen LogP contribution < -0.4 is 0 Å². The van der Waals surface area contributed by atoms with Crippen LogP contribution in [-0.2, 0) is 8.23 Å². The molecule has 0 spiro atoms. The molecule has 0 N–H and O–H groups in total. The molecule has 0 bridgehead atoms. The molecule has 0 saturated carbocycles. The fraction of sp³-hybridized carbons (Fsp3) is 1.00. The minimum absolute atomic E-state index is 0.300. The molecule has 0 aliphatic heterocycles. The fourth-order valence-electron chi connectivity index (χ4n) is 1.26. The molecule has 0 aliphatic rings. The van der Waals surface area contributed by atoms with E-state index in [0.717, 1.165) is 0 Å². The minimum Gasteiger partial charge on any atom is -0.438 e. The lowest BCUT2D eigenvalue weighted by molar-refractivity contribution is 0.459. The van der Waals surface area contributed by atoms with Gasteiger partial charge in [-0.1, -0.05) is 32.6 Å². The first kappa shape index (κ1) is 15.6. The van der Waals surface area contributed by atoms with E-state index in [2.05, 4.69) is 33.1 Å². The Morgan fingerprint density at radius 1 is 1.13 bits per heavy atom. The van der Waals surface area contributed by atoms with Crippen molar-refractivity contribution in [2.45, 2.75) is 64.8 Å². The van der Waals surface area contributed by atoms with Gasteiger partial charge in [-0.15, -0.1) is 0 Å². The van der Waals surface area contributed by atoms with Crippen LogP contribution in [0, 0.1) is 0 Å². The van der Waals surface area contributed by atoms with Crippen LogP contribution in [0.5, 0.6) is 0 Å². The predicted octanol–water partition coefficient (Wildman–Crippen LogP) is 3.32. The smallest absolute Gasteiger partial charge is 0.409 e. The molecular formula is C10H26O2Si3. The molecule has 2 nitrogen and oxygen atoms in total. The van der Waals surface area contributed by atoms with E-state index in [1.54, 1.807) is 0 Å². The van der Waals surface area contributed by atoms with Gasteiger partial charge < -0.3 is 8.23 Å². The molecule has 2 radical (unpaired) electrons. The maximum atomic E-state index is 5.90. The first-order valence-corrected chi connectivity index (χ1v) is 12.8. The van der Waals surface area contributed by atoms with Crippen molar-refractivity contribution in [2.75, 3.05) is 0 Å². The van der Waals surface area contributed by atoms with E-state index < -0.39 is 17.4 Å². The molecule has 90 valence electrons. The summed E-state index contributed by atoms with van der Waals surface area (Å²) in [7, 11) is -2.00. The molecule has 0 unspecified atom stereocenters. The molecule has 0 aromatic heterocycles. The molecule has 0 aromatic carbocycles. The standard InChI is InChI=1S/C10H26O2Si3/c1-6-7-8-9-10-15(4,5)12-13-11-14(2)3/h14H,6-10H2,1-5H3. The second-order valence-electron chi connectivity index (χ2n) is 4.92. The highest BCUT2D eigenvalue weighted by Crippen LogP contribution is 2.16. The van der Waals surface area contributed by atoms with Crippen molar-refractivity contribution in [1.82, 2.24) is 0 Å². The summed E-state index contributed by atoms with van der Waals surface area (Å²) in [5, 5.41) is 0. The average molecular weight is 263 g/mol. The highest BCUT2D eigenvalue weighted by atomic mass is 28.4. The number of unbranched alkanes of at least 4 members (excludes halogenated alkanes) is 3. The molecule has 0 amide bonds. The van der Waals surface area contributed by atoms with Gasteiger partial charge >= 0.3 is 10.0 Å². The third-order valence-corrected chi connectivity index (χ3v) is 8.61. The Hall–Kier alpha value is 0.571. The quantitative estimate of drug-likeness (QED) is 0.469. The normalized spacial score (nSPS) is 12.4. The van der Waals surface area contributed by atoms with E-state index >= 15 is 0 Å². The van der Waals surface area contributed by atoms with Crippen molar-refractivity contribution in [3.8, 4) is 0 Å². The van der Waals surface area contributed by atoms with Gasteiger partial charge in [-0.3, -0.25) is 0 Å². The maximum Gasteiger partial charge on any atom is 0.409 e. The van der Waals surface area contributed by atoms with Crippen LogP contribution in [0.4, 0.5) is 0 Å². The second-order valence-corrected chi connectivity index (χ2v) is 13.0. The van der Waals surface area contributed by atoms with Gasteiger partial charge in [0.25, 0.3) is 0 Å². The van der Waals surface area contributed by atoms with Gasteiger partial charge in [0.1, 0.15) is 0 Å². The van der Waals surface area contributed by atoms with Gasteiger partial charge in [-0.25, -0.2) is 0 Å². The second kappa shape index (κ2) is 8.69. The molecule has 5 heteroatoms. The predicted molar refractivity (Wildman–Crippen MR) is 73.2 cm³/mol. The lowest BCUT2D eigenvalue weighted by atomic mass is 10.2. The average Bonchev–Trinajstić information content (AvgIpc) is 2.11. The van der Waals surface area contributed by atoms with E-state index in [-0.39, 0.29) is 0 Å². The largest absolute Gasteiger partial charge is 0.438 e. The SMILES string of the molecule is CCCCCC[Si](C)(C)O[Si]O[SiH](C)C. The first-order chi connectivity index (χ1) is 6.98. The van der Waals surface area contributed by atoms with E-state index in [9.17, 15) is 0 Å². The third-order valence-electron chi connectivity index (χ3n) is 2.23. The van der Waals surface area contributed by atoms with Gasteiger partial charge in [-0.2, -0.15) is 0 Å². The molecule has 0 saturated heterocycles. The number of rotatable bonds is 9. The molecule has 0 aliphatic carbocycles. The van der Waals surface area contributed by atoms with Crippen molar-refractivity contribution >= 4 is 27.4 Å². The summed E-state index contributed by atoms with van der Waals surface area (Å²) >= 11 is 0. The monoisotopic (exact) mass is 262 g/mol. The molecule has 15 heavy (non-hydrogen) atoms. The maximum absolute atomic E-state index is 5.90. The third kappa shape index (κ3) is 10.8. The summed E-state index contributed by atoms with van der Waals surface area (Å²) in [6, 6.07) is 1.28. The zero-order valence-corrected chi connectivity index (χ0v) is 14.1. The van der Waals surface area contributed by atoms with Gasteiger partial charge in [0.15, 0.2) is 17.4 Å². The minimum atomic E-state index is -1.41. The molecule has 0 fully saturated rings. The van der Waals surface area contributed by atoms with Crippen LogP contribution in [-0.4, -0.2) is 27.4 Å². The van der Waals surface area contributed by atoms with E-state index in [4.69, 9.17) is 8.23 Å². The molecule has 0 aromatic rings. The Kier molecular flexibility index (Phi) is 9.02. The van der Waals surface area contributed by atoms with E-state index in [1.165, 1.54) is 31.7 Å². The van der Waals surface area contributed by atoms with Crippen molar-refractivity contribution < 1.29 is 8.23 Å². The summed E-state index contributed by atoms with van der Waals surface area (Å²) in [5.41, 5.74) is 0. The van der Waals surface area contributed by atoms with Gasteiger partial charge in [0.05, 0.1) is 0 Å². The topological polar surface area (TPSA) is 18.5 Å². The van der Waals surface area contributed by atoms with Crippen LogP contribution in [0.2, 0.25) is 32.2 Å². The number of hydrogen-bond acceptors (Lipinski definition) is 2. The Bertz CT molecular complexity index is 152. The Morgan fingerprint density at radius 3 is 2.33 bits per heavy atom. The van der Waals surface area contributed by atoms with Crippen LogP contribution in [0.15, 0.2) is 0 Å². The van der Waals surface area contributed by atoms with Gasteiger partial charge in [0, 0.05) is 0 Å². The highest BCUT2D eigenvalue weighted by molar-refractivity contribution is 6.75. The van der Waals surface area contributed by atoms with E-state index in [1.807, 2.05) is 0 Å². The molecule has 0 rings (SSSR count). The van der Waals surface area contributed by atoms with Crippen molar-refractivity contribution in [1.29, 1.82) is 0 Å². The molecule has 0 heterocycles. The lowest BCUT2D eigenvalue weighted by Gasteiger charge is -2.22. The summed E-state index contributed by atoms with van der Waals surface area (Å²) in [6.45, 7) is 11.2. The summed E-state index contributed by atoms with van der Waals surface area (Å²) in [6.07, 6.45) is 5.37. The summed E-state index contributed by atoms with van der Waals surface area (Å²) in [4.78, 5) is 0. The lowest BCUT2D eigenvalue weighted by Crippen LogP contribution is -2.33. The van der Waals surface area contributed by atoms with Crippen molar-refractivity contribution in [2.24, 2.45) is 0 Å². The van der Waals surface area contributed by atoms with E-state index in [0.29, 0.717) is 10.0 Å². The number of hydrogen-bond donors (Lipinski definition) is 0. The van der Waals surface area contributed by atoms with Crippen LogP contribution in [0.1, 0.15) is 32.6 Å².